The van der Waals surface area contributed by atoms with Gasteiger partial charge in [0.25, 0.3) is 0 Å². The number of likely N-dealkylation sites (tertiary alicyclic amines) is 1. The van der Waals surface area contributed by atoms with Crippen molar-refractivity contribution in [3.8, 4) is 0 Å². The lowest BCUT2D eigenvalue weighted by Crippen LogP contribution is -2.62. The van der Waals surface area contributed by atoms with Gasteiger partial charge in [0, 0.05) is 50.7 Å². The van der Waals surface area contributed by atoms with Crippen molar-refractivity contribution in [2.45, 2.75) is 38.3 Å². The fourth-order valence-corrected chi connectivity index (χ4v) is 3.90. The summed E-state index contributed by atoms with van der Waals surface area (Å²) >= 11 is 0. The van der Waals surface area contributed by atoms with Crippen LogP contribution in [0.4, 0.5) is 5.69 Å². The molecule has 1 aliphatic heterocycles. The van der Waals surface area contributed by atoms with Crippen LogP contribution >= 0.6 is 0 Å². The van der Waals surface area contributed by atoms with Gasteiger partial charge in [-0.05, 0) is 25.0 Å². The average molecular weight is 384 g/mol. The van der Waals surface area contributed by atoms with Crippen molar-refractivity contribution in [1.82, 2.24) is 14.5 Å². The quantitative estimate of drug-likeness (QED) is 0.686. The van der Waals surface area contributed by atoms with Gasteiger partial charge in [0.15, 0.2) is 0 Å². The van der Waals surface area contributed by atoms with Gasteiger partial charge in [0.1, 0.15) is 5.54 Å². The van der Waals surface area contributed by atoms with Crippen LogP contribution in [0.5, 0.6) is 0 Å². The Morgan fingerprint density at radius 2 is 1.89 bits per heavy atom. The van der Waals surface area contributed by atoms with E-state index in [1.54, 1.807) is 17.4 Å². The minimum atomic E-state index is -0.964. The number of aromatic nitrogens is 2. The van der Waals surface area contributed by atoms with E-state index in [0.717, 1.165) is 31.9 Å². The average Bonchev–Trinajstić information content (AvgIpc) is 3.27. The van der Waals surface area contributed by atoms with Crippen LogP contribution in [0.15, 0.2) is 49.1 Å². The number of imidazole rings is 1. The second kappa shape index (κ2) is 9.01. The number of ether oxygens (including phenoxy) is 1. The smallest absolute Gasteiger partial charge is 0.332 e. The number of esters is 1. The molecule has 0 bridgehead atoms. The molecule has 2 heterocycles. The molecule has 0 unspecified atom stereocenters. The van der Waals surface area contributed by atoms with E-state index in [0.29, 0.717) is 19.3 Å². The maximum Gasteiger partial charge on any atom is 0.332 e. The van der Waals surface area contributed by atoms with Gasteiger partial charge in [0.2, 0.25) is 5.91 Å². The summed E-state index contributed by atoms with van der Waals surface area (Å²) in [6.45, 7) is 5.00. The van der Waals surface area contributed by atoms with E-state index < -0.39 is 5.54 Å². The first-order valence-electron chi connectivity index (χ1n) is 9.75. The second-order valence-electron chi connectivity index (χ2n) is 7.08. The standard InChI is InChI=1S/C21H28N4O3/c1-3-19(26)25(18-7-5-4-6-8-18)21(20(27)28-2)9-12-23(13-10-21)15-16-24-14-11-22-17-24/h4-8,11,14,17H,3,9-10,12-13,15-16H2,1-2H3. The molecule has 1 aromatic carbocycles. The predicted molar refractivity (Wildman–Crippen MR) is 107 cm³/mol. The predicted octanol–water partition coefficient (Wildman–Crippen LogP) is 2.33. The first kappa shape index (κ1) is 20.1. The summed E-state index contributed by atoms with van der Waals surface area (Å²) in [4.78, 5) is 33.9. The van der Waals surface area contributed by atoms with E-state index in [2.05, 4.69) is 9.88 Å². The molecule has 1 aliphatic rings. The molecule has 0 atom stereocenters. The van der Waals surface area contributed by atoms with Crippen molar-refractivity contribution in [2.24, 2.45) is 0 Å². The van der Waals surface area contributed by atoms with Crippen LogP contribution in [-0.2, 0) is 20.9 Å². The molecule has 28 heavy (non-hydrogen) atoms. The van der Waals surface area contributed by atoms with Crippen LogP contribution in [0, 0.1) is 0 Å². The highest BCUT2D eigenvalue weighted by Gasteiger charge is 2.49. The molecular formula is C21H28N4O3. The third-order valence-corrected chi connectivity index (χ3v) is 5.48. The SMILES string of the molecule is CCC(=O)N(c1ccccc1)C1(C(=O)OC)CCN(CCn2ccnc2)CC1. The van der Waals surface area contributed by atoms with Gasteiger partial charge in [-0.15, -0.1) is 0 Å². The highest BCUT2D eigenvalue weighted by Crippen LogP contribution is 2.35. The lowest BCUT2D eigenvalue weighted by atomic mass is 9.84. The third kappa shape index (κ3) is 4.09. The Morgan fingerprint density at radius 1 is 1.18 bits per heavy atom. The Morgan fingerprint density at radius 3 is 2.46 bits per heavy atom. The van der Waals surface area contributed by atoms with E-state index >= 15 is 0 Å². The van der Waals surface area contributed by atoms with Gasteiger partial charge in [0.05, 0.1) is 13.4 Å². The zero-order valence-corrected chi connectivity index (χ0v) is 16.6. The summed E-state index contributed by atoms with van der Waals surface area (Å²) in [6.07, 6.45) is 6.94. The molecule has 2 aromatic rings. The summed E-state index contributed by atoms with van der Waals surface area (Å²) in [6, 6.07) is 9.43. The molecule has 0 saturated carbocycles. The lowest BCUT2D eigenvalue weighted by Gasteiger charge is -2.46. The maximum atomic E-state index is 12.9. The summed E-state index contributed by atoms with van der Waals surface area (Å²) in [5.41, 5.74) is -0.221. The second-order valence-corrected chi connectivity index (χ2v) is 7.08. The molecule has 7 nitrogen and oxygen atoms in total. The normalized spacial score (nSPS) is 16.5. The zero-order chi connectivity index (χ0) is 20.0. The number of hydrogen-bond acceptors (Lipinski definition) is 5. The molecule has 0 N–H and O–H groups in total. The zero-order valence-electron chi connectivity index (χ0n) is 16.6. The number of piperidine rings is 1. The van der Waals surface area contributed by atoms with Gasteiger partial charge in [-0.3, -0.25) is 9.69 Å². The molecule has 1 amide bonds. The van der Waals surface area contributed by atoms with Crippen LogP contribution in [0.1, 0.15) is 26.2 Å². The fourth-order valence-electron chi connectivity index (χ4n) is 3.90. The molecular weight excluding hydrogens is 356 g/mol. The highest BCUT2D eigenvalue weighted by molar-refractivity contribution is 6.02. The van der Waals surface area contributed by atoms with Crippen molar-refractivity contribution >= 4 is 17.6 Å². The van der Waals surface area contributed by atoms with Gasteiger partial charge >= 0.3 is 5.97 Å². The summed E-state index contributed by atoms with van der Waals surface area (Å²) in [5.74, 6) is -0.407. The number of anilines is 1. The Hall–Kier alpha value is -2.67. The van der Waals surface area contributed by atoms with Gasteiger partial charge in [-0.2, -0.15) is 0 Å². The van der Waals surface area contributed by atoms with Gasteiger partial charge < -0.3 is 14.2 Å². The third-order valence-electron chi connectivity index (χ3n) is 5.48. The molecule has 7 heteroatoms. The fraction of sp³-hybridized carbons (Fsp3) is 0.476. The van der Waals surface area contributed by atoms with Crippen LogP contribution in [0.2, 0.25) is 0 Å². The highest BCUT2D eigenvalue weighted by atomic mass is 16.5. The van der Waals surface area contributed by atoms with Crippen LogP contribution in [0.25, 0.3) is 0 Å². The van der Waals surface area contributed by atoms with Crippen molar-refractivity contribution in [1.29, 1.82) is 0 Å². The van der Waals surface area contributed by atoms with Gasteiger partial charge in [-0.1, -0.05) is 25.1 Å². The van der Waals surface area contributed by atoms with Crippen LogP contribution < -0.4 is 4.90 Å². The summed E-state index contributed by atoms with van der Waals surface area (Å²) in [7, 11) is 1.40. The number of methoxy groups -OCH3 is 1. The molecule has 1 aromatic heterocycles. The van der Waals surface area contributed by atoms with Gasteiger partial charge in [-0.25, -0.2) is 9.78 Å². The van der Waals surface area contributed by atoms with Crippen molar-refractivity contribution < 1.29 is 14.3 Å². The van der Waals surface area contributed by atoms with E-state index in [4.69, 9.17) is 4.74 Å². The largest absolute Gasteiger partial charge is 0.467 e. The van der Waals surface area contributed by atoms with Crippen molar-refractivity contribution in [3.63, 3.8) is 0 Å². The molecule has 0 radical (unpaired) electrons. The molecule has 150 valence electrons. The Balaban J connectivity index is 1.80. The molecule has 3 rings (SSSR count). The Labute approximate surface area is 165 Å². The number of carbonyl (C=O) groups excluding carboxylic acids is 2. The lowest BCUT2D eigenvalue weighted by molar-refractivity contribution is -0.151. The molecule has 1 saturated heterocycles. The number of rotatable bonds is 7. The van der Waals surface area contributed by atoms with Crippen molar-refractivity contribution in [2.75, 3.05) is 31.6 Å². The number of hydrogen-bond donors (Lipinski definition) is 0. The maximum absolute atomic E-state index is 12.9. The van der Waals surface area contributed by atoms with Crippen LogP contribution in [0.3, 0.4) is 0 Å². The van der Waals surface area contributed by atoms with E-state index in [1.165, 1.54) is 7.11 Å². The summed E-state index contributed by atoms with van der Waals surface area (Å²) < 4.78 is 7.22. The van der Waals surface area contributed by atoms with E-state index in [-0.39, 0.29) is 11.9 Å². The Bertz CT molecular complexity index is 768. The monoisotopic (exact) mass is 384 g/mol. The number of para-hydroxylation sites is 1. The first-order valence-corrected chi connectivity index (χ1v) is 9.75. The van der Waals surface area contributed by atoms with E-state index in [9.17, 15) is 9.59 Å². The molecule has 0 aliphatic carbocycles. The summed E-state index contributed by atoms with van der Waals surface area (Å²) in [5, 5.41) is 0. The van der Waals surface area contributed by atoms with E-state index in [1.807, 2.05) is 48.0 Å². The number of nitrogens with zero attached hydrogens (tertiary/aromatic N) is 4. The minimum Gasteiger partial charge on any atom is -0.467 e. The number of carbonyl (C=O) groups is 2. The first-order chi connectivity index (χ1) is 13.6. The molecule has 0 spiro atoms. The Kier molecular flexibility index (Phi) is 6.46. The molecule has 1 fully saturated rings. The van der Waals surface area contributed by atoms with Crippen LogP contribution in [-0.4, -0.2) is 58.6 Å². The number of amides is 1. The number of benzene rings is 1. The van der Waals surface area contributed by atoms with Crippen molar-refractivity contribution in [3.05, 3.63) is 49.1 Å². The minimum absolute atomic E-state index is 0.0662. The topological polar surface area (TPSA) is 67.7 Å².